The van der Waals surface area contributed by atoms with Crippen LogP contribution >= 0.6 is 28.7 Å². The van der Waals surface area contributed by atoms with E-state index in [4.69, 9.17) is 0 Å². The minimum absolute atomic E-state index is 0. The summed E-state index contributed by atoms with van der Waals surface area (Å²) in [7, 11) is 4.99. The quantitative estimate of drug-likeness (QED) is 0.290. The van der Waals surface area contributed by atoms with Crippen molar-refractivity contribution >= 4 is 51.4 Å². The van der Waals surface area contributed by atoms with Crippen molar-refractivity contribution in [2.45, 2.75) is 0 Å². The van der Waals surface area contributed by atoms with Crippen LogP contribution in [0.3, 0.4) is 0 Å². The number of ketones is 1. The fraction of sp³-hybridized carbons (Fsp3) is 0.211. The van der Waals surface area contributed by atoms with E-state index in [-0.39, 0.29) is 34.3 Å². The minimum Gasteiger partial charge on any atom is -0.465 e. The molecule has 0 amide bonds. The first-order valence-corrected chi connectivity index (χ1v) is 8.75. The first-order chi connectivity index (χ1) is 12.4. The smallest absolute Gasteiger partial charge is 0.337 e. The fourth-order valence-electron chi connectivity index (χ4n) is 2.01. The molecule has 0 bridgehead atoms. The van der Waals surface area contributed by atoms with Gasteiger partial charge in [-0.1, -0.05) is 11.8 Å². The van der Waals surface area contributed by atoms with Gasteiger partial charge in [-0.05, 0) is 48.5 Å². The fourth-order valence-corrected chi connectivity index (χ4v) is 2.87. The van der Waals surface area contributed by atoms with Crippen LogP contribution in [0.1, 0.15) is 20.7 Å². The molecule has 0 unspecified atom stereocenters. The second-order valence-electron chi connectivity index (χ2n) is 5.55. The summed E-state index contributed by atoms with van der Waals surface area (Å²) in [6, 6.07) is 12.1. The Labute approximate surface area is 172 Å². The van der Waals surface area contributed by atoms with Crippen LogP contribution in [0, 0.1) is 5.82 Å². The highest BCUT2D eigenvalue weighted by atomic mass is 79.9. The number of carbonyl (C=O) groups excluding carboxylic acids is 2. The molecule has 27 heavy (non-hydrogen) atoms. The van der Waals surface area contributed by atoms with Gasteiger partial charge in [0.25, 0.3) is 0 Å². The molecule has 0 aliphatic heterocycles. The molecular weight excluding hydrogens is 435 g/mol. The van der Waals surface area contributed by atoms with Gasteiger partial charge in [-0.15, -0.1) is 17.0 Å². The molecule has 0 heterocycles. The number of aliphatic imine (C=N–C) groups is 1. The van der Waals surface area contributed by atoms with Crippen LogP contribution in [0.5, 0.6) is 0 Å². The van der Waals surface area contributed by atoms with Crippen molar-refractivity contribution in [1.82, 2.24) is 4.90 Å². The van der Waals surface area contributed by atoms with Gasteiger partial charge in [-0.25, -0.2) is 14.2 Å². The molecule has 0 aromatic heterocycles. The van der Waals surface area contributed by atoms with E-state index in [0.717, 1.165) is 0 Å². The maximum atomic E-state index is 12.9. The Hall–Kier alpha value is -2.19. The number of methoxy groups -OCH3 is 1. The van der Waals surface area contributed by atoms with Gasteiger partial charge in [0.2, 0.25) is 0 Å². The number of amidine groups is 1. The first kappa shape index (κ1) is 22.9. The van der Waals surface area contributed by atoms with Crippen LogP contribution in [0.2, 0.25) is 0 Å². The molecule has 5 nitrogen and oxygen atoms in total. The average Bonchev–Trinajstić information content (AvgIpc) is 2.65. The highest BCUT2D eigenvalue weighted by molar-refractivity contribution is 8.93. The van der Waals surface area contributed by atoms with Gasteiger partial charge in [0, 0.05) is 19.7 Å². The van der Waals surface area contributed by atoms with E-state index in [2.05, 4.69) is 9.73 Å². The lowest BCUT2D eigenvalue weighted by Crippen LogP contribution is -2.20. The second-order valence-corrected chi connectivity index (χ2v) is 6.49. The van der Waals surface area contributed by atoms with Crippen LogP contribution in [-0.2, 0) is 4.74 Å². The Morgan fingerprint density at radius 1 is 1.04 bits per heavy atom. The lowest BCUT2D eigenvalue weighted by Gasteiger charge is -2.15. The molecule has 2 aromatic carbocycles. The van der Waals surface area contributed by atoms with Gasteiger partial charge in [-0.2, -0.15) is 0 Å². The summed E-state index contributed by atoms with van der Waals surface area (Å²) < 4.78 is 17.6. The van der Waals surface area contributed by atoms with Crippen molar-refractivity contribution in [3.63, 3.8) is 0 Å². The van der Waals surface area contributed by atoms with Crippen molar-refractivity contribution in [2.24, 2.45) is 4.99 Å². The van der Waals surface area contributed by atoms with Crippen LogP contribution in [0.4, 0.5) is 10.1 Å². The van der Waals surface area contributed by atoms with Crippen LogP contribution in [0.25, 0.3) is 0 Å². The van der Waals surface area contributed by atoms with Gasteiger partial charge in [-0.3, -0.25) is 4.79 Å². The molecule has 0 spiro atoms. The number of rotatable bonds is 5. The van der Waals surface area contributed by atoms with Gasteiger partial charge >= 0.3 is 5.97 Å². The largest absolute Gasteiger partial charge is 0.465 e. The molecule has 2 rings (SSSR count). The molecule has 0 aliphatic carbocycles. The third-order valence-electron chi connectivity index (χ3n) is 3.39. The summed E-state index contributed by atoms with van der Waals surface area (Å²) in [4.78, 5) is 30.0. The Balaban J connectivity index is 0.00000364. The van der Waals surface area contributed by atoms with E-state index in [0.29, 0.717) is 22.0 Å². The lowest BCUT2D eigenvalue weighted by atomic mass is 10.1. The highest BCUT2D eigenvalue weighted by Gasteiger charge is 2.11. The minimum atomic E-state index is -0.410. The van der Waals surface area contributed by atoms with Crippen molar-refractivity contribution in [2.75, 3.05) is 27.0 Å². The van der Waals surface area contributed by atoms with Gasteiger partial charge in [0.15, 0.2) is 11.0 Å². The Morgan fingerprint density at radius 3 is 2.11 bits per heavy atom. The molecule has 2 aromatic rings. The molecule has 0 radical (unpaired) electrons. The van der Waals surface area contributed by atoms with Crippen LogP contribution in [-0.4, -0.2) is 48.8 Å². The van der Waals surface area contributed by atoms with E-state index >= 15 is 0 Å². The number of halogens is 2. The number of hydrogen-bond acceptors (Lipinski definition) is 5. The van der Waals surface area contributed by atoms with Crippen LogP contribution in [0.15, 0.2) is 53.5 Å². The molecule has 144 valence electrons. The number of Topliss-reactive ketones (excluding diaryl/α,β-unsaturated/α-hetero) is 1. The third kappa shape index (κ3) is 6.80. The second kappa shape index (κ2) is 10.8. The first-order valence-electron chi connectivity index (χ1n) is 7.76. The predicted molar refractivity (Wildman–Crippen MR) is 112 cm³/mol. The SMILES string of the molecule is Br.COC(=O)c1ccc(N=C(SCC(=O)c2ccc(F)cc2)N(C)C)cc1. The predicted octanol–water partition coefficient (Wildman–Crippen LogP) is 4.36. The number of benzene rings is 2. The van der Waals surface area contributed by atoms with Gasteiger partial charge < -0.3 is 9.64 Å². The van der Waals surface area contributed by atoms with E-state index in [1.807, 2.05) is 14.1 Å². The monoisotopic (exact) mass is 454 g/mol. The zero-order valence-electron chi connectivity index (χ0n) is 15.1. The van der Waals surface area contributed by atoms with Gasteiger partial charge in [0.05, 0.1) is 24.1 Å². The summed E-state index contributed by atoms with van der Waals surface area (Å²) >= 11 is 1.29. The molecule has 0 N–H and O–H groups in total. The summed E-state index contributed by atoms with van der Waals surface area (Å²) in [6.07, 6.45) is 0. The maximum absolute atomic E-state index is 12.9. The normalized spacial score (nSPS) is 10.7. The molecule has 0 saturated heterocycles. The number of esters is 1. The van der Waals surface area contributed by atoms with E-state index in [1.54, 1.807) is 29.2 Å². The molecule has 0 saturated carbocycles. The highest BCUT2D eigenvalue weighted by Crippen LogP contribution is 2.19. The van der Waals surface area contributed by atoms with Crippen molar-refractivity contribution in [3.8, 4) is 0 Å². The summed E-state index contributed by atoms with van der Waals surface area (Å²) in [5.41, 5.74) is 1.56. The lowest BCUT2D eigenvalue weighted by molar-refractivity contribution is 0.0600. The maximum Gasteiger partial charge on any atom is 0.337 e. The third-order valence-corrected chi connectivity index (χ3v) is 4.52. The van der Waals surface area contributed by atoms with E-state index < -0.39 is 5.97 Å². The molecule has 8 heteroatoms. The zero-order chi connectivity index (χ0) is 19.1. The number of carbonyl (C=O) groups is 2. The van der Waals surface area contributed by atoms with E-state index in [9.17, 15) is 14.0 Å². The summed E-state index contributed by atoms with van der Waals surface area (Å²) in [5, 5.41) is 0.645. The van der Waals surface area contributed by atoms with Crippen LogP contribution < -0.4 is 0 Å². The average molecular weight is 455 g/mol. The molecular formula is C19H20BrFN2O3S. The number of hydrogen-bond donors (Lipinski definition) is 0. The summed E-state index contributed by atoms with van der Waals surface area (Å²) in [5.74, 6) is -0.707. The standard InChI is InChI=1S/C19H19FN2O3S.BrH/c1-22(2)19(21-16-10-6-14(7-11-16)18(24)25-3)26-12-17(23)13-4-8-15(20)9-5-13;/h4-11H,12H2,1-3H3;1H. The molecule has 0 fully saturated rings. The Kier molecular flexibility index (Phi) is 9.17. The summed E-state index contributed by atoms with van der Waals surface area (Å²) in [6.45, 7) is 0. The van der Waals surface area contributed by atoms with Crippen molar-refractivity contribution < 1.29 is 18.7 Å². The molecule has 0 atom stereocenters. The topological polar surface area (TPSA) is 59.0 Å². The van der Waals surface area contributed by atoms with E-state index in [1.165, 1.54) is 43.1 Å². The number of nitrogens with zero attached hydrogens (tertiary/aromatic N) is 2. The number of ether oxygens (including phenoxy) is 1. The zero-order valence-corrected chi connectivity index (χ0v) is 17.7. The van der Waals surface area contributed by atoms with Gasteiger partial charge in [0.1, 0.15) is 5.82 Å². The Morgan fingerprint density at radius 2 is 1.59 bits per heavy atom. The van der Waals surface area contributed by atoms with Crippen molar-refractivity contribution in [1.29, 1.82) is 0 Å². The van der Waals surface area contributed by atoms with Crippen molar-refractivity contribution in [3.05, 3.63) is 65.5 Å². The molecule has 0 aliphatic rings. The number of thioether (sulfide) groups is 1. The Bertz CT molecular complexity index is 809.